The van der Waals surface area contributed by atoms with Crippen LogP contribution in [0.3, 0.4) is 0 Å². The van der Waals surface area contributed by atoms with Crippen LogP contribution in [0.25, 0.3) is 0 Å². The van der Waals surface area contributed by atoms with Gasteiger partial charge in [-0.1, -0.05) is 19.1 Å². The first-order valence-electron chi connectivity index (χ1n) is 7.45. The van der Waals surface area contributed by atoms with Crippen LogP contribution in [-0.2, 0) is 6.42 Å². The van der Waals surface area contributed by atoms with E-state index in [1.807, 2.05) is 19.2 Å². The Hall–Kier alpha value is -1.71. The quantitative estimate of drug-likeness (QED) is 0.614. The summed E-state index contributed by atoms with van der Waals surface area (Å²) in [5.74, 6) is 1.60. The smallest absolute Gasteiger partial charge is 0.191 e. The average Bonchev–Trinajstić information content (AvgIpc) is 3.29. The molecule has 0 bridgehead atoms. The van der Waals surface area contributed by atoms with Crippen molar-refractivity contribution in [2.75, 3.05) is 20.2 Å². The second-order valence-corrected chi connectivity index (χ2v) is 5.33. The fourth-order valence-corrected chi connectivity index (χ4v) is 2.07. The molecule has 1 fully saturated rings. The SMILES string of the molecule is CCCOc1cccc(CCN=C(N)N(C)C2CC2)c1. The van der Waals surface area contributed by atoms with Crippen molar-refractivity contribution in [2.45, 2.75) is 38.6 Å². The predicted octanol–water partition coefficient (Wildman–Crippen LogP) is 2.43. The molecule has 0 unspecified atom stereocenters. The molecule has 1 aliphatic rings. The highest BCUT2D eigenvalue weighted by Crippen LogP contribution is 2.24. The fourth-order valence-electron chi connectivity index (χ4n) is 2.07. The topological polar surface area (TPSA) is 50.9 Å². The first-order valence-corrected chi connectivity index (χ1v) is 7.45. The average molecular weight is 275 g/mol. The Morgan fingerprint density at radius 3 is 2.95 bits per heavy atom. The van der Waals surface area contributed by atoms with Gasteiger partial charge in [0.05, 0.1) is 6.61 Å². The van der Waals surface area contributed by atoms with Crippen molar-refractivity contribution in [1.29, 1.82) is 0 Å². The zero-order valence-electron chi connectivity index (χ0n) is 12.5. The Kier molecular flexibility index (Phi) is 5.27. The summed E-state index contributed by atoms with van der Waals surface area (Å²) in [5.41, 5.74) is 7.21. The lowest BCUT2D eigenvalue weighted by Crippen LogP contribution is -2.35. The van der Waals surface area contributed by atoms with Crippen LogP contribution in [-0.4, -0.2) is 37.1 Å². The first-order chi connectivity index (χ1) is 9.70. The van der Waals surface area contributed by atoms with Gasteiger partial charge in [0.25, 0.3) is 0 Å². The van der Waals surface area contributed by atoms with E-state index in [1.54, 1.807) is 0 Å². The molecule has 0 radical (unpaired) electrons. The number of benzene rings is 1. The molecule has 1 aromatic carbocycles. The van der Waals surface area contributed by atoms with Crippen LogP contribution in [0, 0.1) is 0 Å². The molecular weight excluding hydrogens is 250 g/mol. The van der Waals surface area contributed by atoms with Crippen molar-refractivity contribution >= 4 is 5.96 Å². The van der Waals surface area contributed by atoms with E-state index in [1.165, 1.54) is 18.4 Å². The Morgan fingerprint density at radius 1 is 1.45 bits per heavy atom. The van der Waals surface area contributed by atoms with Gasteiger partial charge in [-0.05, 0) is 43.4 Å². The van der Waals surface area contributed by atoms with E-state index in [0.717, 1.165) is 31.7 Å². The van der Waals surface area contributed by atoms with Crippen LogP contribution < -0.4 is 10.5 Å². The molecule has 0 aromatic heterocycles. The van der Waals surface area contributed by atoms with Gasteiger partial charge in [-0.25, -0.2) is 0 Å². The van der Waals surface area contributed by atoms with Crippen molar-refractivity contribution in [2.24, 2.45) is 10.7 Å². The number of aliphatic imine (C=N–C) groups is 1. The standard InChI is InChI=1S/C16H25N3O/c1-3-11-20-15-6-4-5-13(12-15)9-10-18-16(17)19(2)14-7-8-14/h4-6,12,14H,3,7-11H2,1-2H3,(H2,17,18). The molecule has 1 aliphatic carbocycles. The number of guanidine groups is 1. The van der Waals surface area contributed by atoms with Gasteiger partial charge in [0.2, 0.25) is 0 Å². The highest BCUT2D eigenvalue weighted by Gasteiger charge is 2.27. The normalized spacial score (nSPS) is 15.2. The Morgan fingerprint density at radius 2 is 2.25 bits per heavy atom. The van der Waals surface area contributed by atoms with E-state index in [2.05, 4.69) is 28.9 Å². The highest BCUT2D eigenvalue weighted by atomic mass is 16.5. The van der Waals surface area contributed by atoms with Crippen LogP contribution in [0.4, 0.5) is 0 Å². The number of hydrogen-bond acceptors (Lipinski definition) is 2. The molecule has 0 atom stereocenters. The van der Waals surface area contributed by atoms with Crippen LogP contribution in [0.15, 0.2) is 29.3 Å². The molecule has 20 heavy (non-hydrogen) atoms. The largest absolute Gasteiger partial charge is 0.494 e. The fraction of sp³-hybridized carbons (Fsp3) is 0.562. The maximum atomic E-state index is 5.97. The number of nitrogens with zero attached hydrogens (tertiary/aromatic N) is 2. The summed E-state index contributed by atoms with van der Waals surface area (Å²) in [5, 5.41) is 0. The van der Waals surface area contributed by atoms with Gasteiger partial charge in [-0.15, -0.1) is 0 Å². The summed E-state index contributed by atoms with van der Waals surface area (Å²) in [4.78, 5) is 6.54. The minimum Gasteiger partial charge on any atom is -0.494 e. The zero-order valence-corrected chi connectivity index (χ0v) is 12.5. The summed E-state index contributed by atoms with van der Waals surface area (Å²) in [7, 11) is 2.02. The third kappa shape index (κ3) is 4.44. The van der Waals surface area contributed by atoms with Gasteiger partial charge in [0.15, 0.2) is 5.96 Å². The molecule has 2 N–H and O–H groups in total. The number of hydrogen-bond donors (Lipinski definition) is 1. The molecule has 1 aromatic rings. The molecule has 4 heteroatoms. The molecule has 0 heterocycles. The summed E-state index contributed by atoms with van der Waals surface area (Å²) >= 11 is 0. The Balaban J connectivity index is 1.82. The third-order valence-electron chi connectivity index (χ3n) is 3.50. The van der Waals surface area contributed by atoms with Crippen molar-refractivity contribution in [3.8, 4) is 5.75 Å². The molecule has 0 spiro atoms. The minimum atomic E-state index is 0.615. The molecule has 0 saturated heterocycles. The van der Waals surface area contributed by atoms with Gasteiger partial charge >= 0.3 is 0 Å². The van der Waals surface area contributed by atoms with E-state index in [0.29, 0.717) is 12.0 Å². The minimum absolute atomic E-state index is 0.615. The molecule has 0 aliphatic heterocycles. The van der Waals surface area contributed by atoms with E-state index >= 15 is 0 Å². The summed E-state index contributed by atoms with van der Waals surface area (Å²) < 4.78 is 5.63. The monoisotopic (exact) mass is 275 g/mol. The third-order valence-corrected chi connectivity index (χ3v) is 3.50. The van der Waals surface area contributed by atoms with Gasteiger partial charge < -0.3 is 15.4 Å². The van der Waals surface area contributed by atoms with Gasteiger partial charge in [0.1, 0.15) is 5.75 Å². The summed E-state index contributed by atoms with van der Waals surface area (Å²) in [6.45, 7) is 3.60. The lowest BCUT2D eigenvalue weighted by molar-refractivity contribution is 0.317. The van der Waals surface area contributed by atoms with Crippen LogP contribution >= 0.6 is 0 Å². The van der Waals surface area contributed by atoms with Crippen LogP contribution in [0.5, 0.6) is 5.75 Å². The Bertz CT molecular complexity index is 455. The lowest BCUT2D eigenvalue weighted by atomic mass is 10.1. The van der Waals surface area contributed by atoms with E-state index in [9.17, 15) is 0 Å². The maximum absolute atomic E-state index is 5.97. The molecule has 4 nitrogen and oxygen atoms in total. The van der Waals surface area contributed by atoms with Gasteiger partial charge in [-0.3, -0.25) is 4.99 Å². The van der Waals surface area contributed by atoms with Crippen molar-refractivity contribution in [3.05, 3.63) is 29.8 Å². The molecular formula is C16H25N3O. The number of ether oxygens (including phenoxy) is 1. The van der Waals surface area contributed by atoms with Crippen molar-refractivity contribution in [3.63, 3.8) is 0 Å². The zero-order chi connectivity index (χ0) is 14.4. The second kappa shape index (κ2) is 7.17. The van der Waals surface area contributed by atoms with E-state index < -0.39 is 0 Å². The number of rotatable bonds is 7. The van der Waals surface area contributed by atoms with Crippen molar-refractivity contribution < 1.29 is 4.74 Å². The lowest BCUT2D eigenvalue weighted by Gasteiger charge is -2.16. The molecule has 2 rings (SSSR count). The summed E-state index contributed by atoms with van der Waals surface area (Å²) in [6, 6.07) is 8.84. The van der Waals surface area contributed by atoms with Crippen LogP contribution in [0.1, 0.15) is 31.7 Å². The van der Waals surface area contributed by atoms with E-state index in [4.69, 9.17) is 10.5 Å². The van der Waals surface area contributed by atoms with Gasteiger partial charge in [-0.2, -0.15) is 0 Å². The van der Waals surface area contributed by atoms with Crippen LogP contribution in [0.2, 0.25) is 0 Å². The van der Waals surface area contributed by atoms with Crippen molar-refractivity contribution in [1.82, 2.24) is 4.90 Å². The van der Waals surface area contributed by atoms with Gasteiger partial charge in [0, 0.05) is 19.6 Å². The Labute approximate surface area is 121 Å². The highest BCUT2D eigenvalue weighted by molar-refractivity contribution is 5.78. The summed E-state index contributed by atoms with van der Waals surface area (Å²) in [6.07, 6.45) is 4.40. The molecule has 0 amide bonds. The second-order valence-electron chi connectivity index (χ2n) is 5.33. The predicted molar refractivity (Wildman–Crippen MR) is 83.2 cm³/mol. The number of nitrogens with two attached hydrogens (primary N) is 1. The molecule has 110 valence electrons. The maximum Gasteiger partial charge on any atom is 0.191 e. The van der Waals surface area contributed by atoms with E-state index in [-0.39, 0.29) is 0 Å². The molecule has 1 saturated carbocycles. The first kappa shape index (κ1) is 14.7.